The van der Waals surface area contributed by atoms with Crippen LogP contribution in [0.25, 0.3) is 5.69 Å². The Bertz CT molecular complexity index is 812. The van der Waals surface area contributed by atoms with E-state index >= 15 is 0 Å². The fourth-order valence-electron chi connectivity index (χ4n) is 4.21. The van der Waals surface area contributed by atoms with Gasteiger partial charge < -0.3 is 14.7 Å². The number of hydrogen-bond acceptors (Lipinski definition) is 4. The lowest BCUT2D eigenvalue weighted by molar-refractivity contribution is -0.145. The van der Waals surface area contributed by atoms with Crippen molar-refractivity contribution in [1.29, 1.82) is 0 Å². The van der Waals surface area contributed by atoms with Crippen molar-refractivity contribution in [2.75, 3.05) is 19.7 Å². The number of likely N-dealkylation sites (tertiary alicyclic amines) is 1. The van der Waals surface area contributed by atoms with Crippen molar-refractivity contribution in [2.24, 2.45) is 11.8 Å². The molecule has 27 heavy (non-hydrogen) atoms. The maximum Gasteiger partial charge on any atom is 0.309 e. The van der Waals surface area contributed by atoms with Gasteiger partial charge in [0, 0.05) is 32.1 Å². The molecule has 0 radical (unpaired) electrons. The molecule has 7 nitrogen and oxygen atoms in total. The van der Waals surface area contributed by atoms with Crippen molar-refractivity contribution in [1.82, 2.24) is 14.7 Å². The van der Waals surface area contributed by atoms with Gasteiger partial charge in [-0.05, 0) is 43.4 Å². The van der Waals surface area contributed by atoms with Gasteiger partial charge in [0.15, 0.2) is 0 Å². The first-order valence-electron chi connectivity index (χ1n) is 9.38. The fourth-order valence-corrected chi connectivity index (χ4v) is 4.21. The number of rotatable bonds is 4. The quantitative estimate of drug-likeness (QED) is 0.893. The molecule has 2 saturated heterocycles. The standard InChI is InChI=1S/C20H23N3O4/c24-19(15-4-1-2-5-17(15)23-10-3-9-21-23)22-11-6-14(7-12-22)18-16(20(25)26)8-13-27-18/h1-5,9-10,14,16,18H,6-8,11-13H2,(H,25,26)/t16?,18-/m0/s1. The van der Waals surface area contributed by atoms with E-state index in [9.17, 15) is 14.7 Å². The molecular weight excluding hydrogens is 346 g/mol. The van der Waals surface area contributed by atoms with Crippen LogP contribution in [-0.4, -0.2) is 57.5 Å². The van der Waals surface area contributed by atoms with Crippen LogP contribution in [0, 0.1) is 11.8 Å². The summed E-state index contributed by atoms with van der Waals surface area (Å²) in [4.78, 5) is 26.3. The number of benzene rings is 1. The zero-order chi connectivity index (χ0) is 18.8. The number of aliphatic carboxylic acids is 1. The van der Waals surface area contributed by atoms with Crippen LogP contribution in [-0.2, 0) is 9.53 Å². The number of aromatic nitrogens is 2. The molecule has 2 aromatic rings. The van der Waals surface area contributed by atoms with Gasteiger partial charge in [0.05, 0.1) is 23.3 Å². The van der Waals surface area contributed by atoms with Crippen molar-refractivity contribution in [3.05, 3.63) is 48.3 Å². The molecule has 1 N–H and O–H groups in total. The highest BCUT2D eigenvalue weighted by molar-refractivity contribution is 5.97. The van der Waals surface area contributed by atoms with Gasteiger partial charge in [-0.1, -0.05) is 12.1 Å². The zero-order valence-electron chi connectivity index (χ0n) is 15.0. The minimum Gasteiger partial charge on any atom is -0.481 e. The highest BCUT2D eigenvalue weighted by atomic mass is 16.5. The number of para-hydroxylation sites is 1. The molecule has 4 rings (SSSR count). The van der Waals surface area contributed by atoms with Gasteiger partial charge in [-0.15, -0.1) is 0 Å². The molecule has 1 aromatic carbocycles. The summed E-state index contributed by atoms with van der Waals surface area (Å²) >= 11 is 0. The van der Waals surface area contributed by atoms with Crippen LogP contribution in [0.2, 0.25) is 0 Å². The second-order valence-electron chi connectivity index (χ2n) is 7.17. The lowest BCUT2D eigenvalue weighted by Crippen LogP contribution is -2.43. The van der Waals surface area contributed by atoms with E-state index < -0.39 is 11.9 Å². The van der Waals surface area contributed by atoms with Crippen molar-refractivity contribution >= 4 is 11.9 Å². The Balaban J connectivity index is 1.45. The Labute approximate surface area is 157 Å². The van der Waals surface area contributed by atoms with Crippen LogP contribution in [0.1, 0.15) is 29.6 Å². The summed E-state index contributed by atoms with van der Waals surface area (Å²) in [5, 5.41) is 13.6. The van der Waals surface area contributed by atoms with Crippen LogP contribution < -0.4 is 0 Å². The predicted octanol–water partition coefficient (Wildman–Crippen LogP) is 2.21. The summed E-state index contributed by atoms with van der Waals surface area (Å²) in [7, 11) is 0. The van der Waals surface area contributed by atoms with Gasteiger partial charge in [0.1, 0.15) is 0 Å². The molecule has 2 aliphatic heterocycles. The fraction of sp³-hybridized carbons (Fsp3) is 0.450. The number of nitrogens with zero attached hydrogens (tertiary/aromatic N) is 3. The lowest BCUT2D eigenvalue weighted by atomic mass is 9.84. The molecule has 7 heteroatoms. The summed E-state index contributed by atoms with van der Waals surface area (Å²) in [6, 6.07) is 9.29. The molecule has 0 aliphatic carbocycles. The second kappa shape index (κ2) is 7.52. The minimum atomic E-state index is -0.774. The van der Waals surface area contributed by atoms with E-state index in [1.165, 1.54) is 0 Å². The average Bonchev–Trinajstić information content (AvgIpc) is 3.39. The zero-order valence-corrected chi connectivity index (χ0v) is 15.0. The van der Waals surface area contributed by atoms with E-state index in [-0.39, 0.29) is 17.9 Å². The molecule has 1 aromatic heterocycles. The van der Waals surface area contributed by atoms with Gasteiger partial charge in [-0.25, -0.2) is 4.68 Å². The topological polar surface area (TPSA) is 84.7 Å². The predicted molar refractivity (Wildman–Crippen MR) is 97.7 cm³/mol. The molecule has 0 saturated carbocycles. The lowest BCUT2D eigenvalue weighted by Gasteiger charge is -2.35. The van der Waals surface area contributed by atoms with Crippen molar-refractivity contribution < 1.29 is 19.4 Å². The van der Waals surface area contributed by atoms with Crippen LogP contribution in [0.5, 0.6) is 0 Å². The Morgan fingerprint density at radius 1 is 1.11 bits per heavy atom. The van der Waals surface area contributed by atoms with Gasteiger partial charge in [-0.2, -0.15) is 5.10 Å². The highest BCUT2D eigenvalue weighted by Crippen LogP contribution is 2.33. The molecule has 2 fully saturated rings. The Hall–Kier alpha value is -2.67. The number of hydrogen-bond donors (Lipinski definition) is 1. The summed E-state index contributed by atoms with van der Waals surface area (Å²) in [5.41, 5.74) is 1.39. The number of piperidine rings is 1. The first-order chi connectivity index (χ1) is 13.1. The van der Waals surface area contributed by atoms with E-state index in [1.54, 1.807) is 10.9 Å². The monoisotopic (exact) mass is 369 g/mol. The van der Waals surface area contributed by atoms with Gasteiger partial charge in [0.2, 0.25) is 0 Å². The highest BCUT2D eigenvalue weighted by Gasteiger charge is 2.40. The van der Waals surface area contributed by atoms with Crippen molar-refractivity contribution in [3.63, 3.8) is 0 Å². The maximum atomic E-state index is 13.1. The first kappa shape index (κ1) is 17.7. The number of carboxylic acids is 1. The third kappa shape index (κ3) is 3.47. The summed E-state index contributed by atoms with van der Waals surface area (Å²) in [6.45, 7) is 1.74. The van der Waals surface area contributed by atoms with Gasteiger partial charge >= 0.3 is 5.97 Å². The number of ether oxygens (including phenoxy) is 1. The van der Waals surface area contributed by atoms with Gasteiger partial charge in [0.25, 0.3) is 5.91 Å². The first-order valence-corrected chi connectivity index (χ1v) is 9.38. The molecule has 3 heterocycles. The molecule has 142 valence electrons. The third-order valence-electron chi connectivity index (χ3n) is 5.63. The Morgan fingerprint density at radius 2 is 1.89 bits per heavy atom. The number of carboxylic acid groups (broad SMARTS) is 1. The van der Waals surface area contributed by atoms with Crippen molar-refractivity contribution in [3.8, 4) is 5.69 Å². The van der Waals surface area contributed by atoms with E-state index in [0.717, 1.165) is 18.5 Å². The van der Waals surface area contributed by atoms with Crippen molar-refractivity contribution in [2.45, 2.75) is 25.4 Å². The van der Waals surface area contributed by atoms with E-state index in [2.05, 4.69) is 5.10 Å². The number of carbonyl (C=O) groups excluding carboxylic acids is 1. The molecule has 0 spiro atoms. The van der Waals surface area contributed by atoms with E-state index in [0.29, 0.717) is 31.7 Å². The number of amides is 1. The molecule has 2 atom stereocenters. The van der Waals surface area contributed by atoms with Crippen LogP contribution in [0.15, 0.2) is 42.7 Å². The summed E-state index contributed by atoms with van der Waals surface area (Å²) in [5.74, 6) is -1.01. The summed E-state index contributed by atoms with van der Waals surface area (Å²) < 4.78 is 7.42. The van der Waals surface area contributed by atoms with E-state index in [1.807, 2.05) is 41.4 Å². The molecule has 0 bridgehead atoms. The maximum absolute atomic E-state index is 13.1. The normalized spacial score (nSPS) is 23.5. The molecule has 1 amide bonds. The average molecular weight is 369 g/mol. The molecule has 1 unspecified atom stereocenters. The third-order valence-corrected chi connectivity index (χ3v) is 5.63. The summed E-state index contributed by atoms with van der Waals surface area (Å²) in [6.07, 6.45) is 5.40. The number of carbonyl (C=O) groups is 2. The van der Waals surface area contributed by atoms with Crippen LogP contribution in [0.3, 0.4) is 0 Å². The Kier molecular flexibility index (Phi) is 4.94. The smallest absolute Gasteiger partial charge is 0.309 e. The molecular formula is C20H23N3O4. The van der Waals surface area contributed by atoms with Crippen LogP contribution >= 0.6 is 0 Å². The SMILES string of the molecule is O=C(O)C1CCO[C@H]1C1CCN(C(=O)c2ccccc2-n2cccn2)CC1. The second-order valence-corrected chi connectivity index (χ2v) is 7.17. The molecule has 2 aliphatic rings. The Morgan fingerprint density at radius 3 is 2.59 bits per heavy atom. The van der Waals surface area contributed by atoms with E-state index in [4.69, 9.17) is 4.74 Å². The largest absolute Gasteiger partial charge is 0.481 e. The van der Waals surface area contributed by atoms with Gasteiger partial charge in [-0.3, -0.25) is 9.59 Å². The van der Waals surface area contributed by atoms with Crippen LogP contribution in [0.4, 0.5) is 0 Å². The minimum absolute atomic E-state index is 0.0123.